The minimum Gasteiger partial charge on any atom is -0.354 e. The number of nitrogens with zero attached hydrogens (tertiary/aromatic N) is 2. The molecule has 0 fully saturated rings. The molecule has 198 valence electrons. The summed E-state index contributed by atoms with van der Waals surface area (Å²) in [7, 11) is -4.23. The lowest BCUT2D eigenvalue weighted by molar-refractivity contribution is -0.139. The average molecular weight is 552 g/mol. The zero-order chi connectivity index (χ0) is 27.3. The third kappa shape index (κ3) is 7.82. The molecule has 2 aromatic carbocycles. The first kappa shape index (κ1) is 29.4. The van der Waals surface area contributed by atoms with Crippen molar-refractivity contribution in [3.8, 4) is 0 Å². The molecule has 1 atom stereocenters. The first-order valence-corrected chi connectivity index (χ1v) is 13.0. The van der Waals surface area contributed by atoms with E-state index in [4.69, 9.17) is 11.6 Å². The first-order valence-electron chi connectivity index (χ1n) is 10.8. The molecule has 0 bridgehead atoms. The smallest absolute Gasteiger partial charge is 0.354 e. The zero-order valence-corrected chi connectivity index (χ0v) is 21.3. The van der Waals surface area contributed by atoms with Gasteiger partial charge in [-0.1, -0.05) is 30.7 Å². The van der Waals surface area contributed by atoms with Crippen molar-refractivity contribution in [2.75, 3.05) is 23.7 Å². The number of anilines is 1. The number of nitrogens with one attached hydrogen (secondary N) is 1. The maximum absolute atomic E-state index is 13.3. The molecule has 0 unspecified atom stereocenters. The van der Waals surface area contributed by atoms with Crippen LogP contribution in [0.5, 0.6) is 0 Å². The van der Waals surface area contributed by atoms with E-state index in [-0.39, 0.29) is 6.54 Å². The van der Waals surface area contributed by atoms with E-state index in [1.165, 1.54) is 19.1 Å². The van der Waals surface area contributed by atoms with Gasteiger partial charge in [0.05, 0.1) is 22.5 Å². The Morgan fingerprint density at radius 3 is 2.25 bits per heavy atom. The van der Waals surface area contributed by atoms with Crippen LogP contribution in [0, 0.1) is 5.82 Å². The number of benzene rings is 2. The van der Waals surface area contributed by atoms with Crippen molar-refractivity contribution in [1.82, 2.24) is 10.2 Å². The van der Waals surface area contributed by atoms with Crippen molar-refractivity contribution in [2.45, 2.75) is 39.0 Å². The fourth-order valence-electron chi connectivity index (χ4n) is 3.26. The van der Waals surface area contributed by atoms with Crippen LogP contribution in [0.3, 0.4) is 0 Å². The Bertz CT molecular complexity index is 1190. The molecule has 0 radical (unpaired) electrons. The number of halogens is 5. The Balaban J connectivity index is 2.45. The largest absolute Gasteiger partial charge is 0.417 e. The van der Waals surface area contributed by atoms with E-state index < -0.39 is 62.7 Å². The molecule has 7 nitrogen and oxygen atoms in total. The summed E-state index contributed by atoms with van der Waals surface area (Å²) in [4.78, 5) is 27.0. The molecule has 13 heteroatoms. The van der Waals surface area contributed by atoms with E-state index >= 15 is 0 Å². The lowest BCUT2D eigenvalue weighted by Gasteiger charge is -2.31. The Morgan fingerprint density at radius 1 is 1.11 bits per heavy atom. The summed E-state index contributed by atoms with van der Waals surface area (Å²) in [5.41, 5.74) is -1.23. The molecule has 0 aliphatic carbocycles. The minimum atomic E-state index is -4.86. The molecule has 2 amide bonds. The number of hydrogen-bond donors (Lipinski definition) is 1. The summed E-state index contributed by atoms with van der Waals surface area (Å²) < 4.78 is 78.9. The van der Waals surface area contributed by atoms with Crippen LogP contribution in [0.25, 0.3) is 0 Å². The molecule has 0 heterocycles. The van der Waals surface area contributed by atoms with Crippen LogP contribution in [-0.2, 0) is 32.3 Å². The highest BCUT2D eigenvalue weighted by molar-refractivity contribution is 7.92. The van der Waals surface area contributed by atoms with Crippen molar-refractivity contribution in [2.24, 2.45) is 0 Å². The number of hydrogen-bond acceptors (Lipinski definition) is 4. The van der Waals surface area contributed by atoms with Crippen LogP contribution in [-0.4, -0.2) is 50.5 Å². The Labute approximate surface area is 212 Å². The highest BCUT2D eigenvalue weighted by Crippen LogP contribution is 2.37. The Kier molecular flexibility index (Phi) is 9.72. The Morgan fingerprint density at radius 2 is 1.72 bits per heavy atom. The molecule has 0 aliphatic rings. The van der Waals surface area contributed by atoms with E-state index in [1.54, 1.807) is 0 Å². The van der Waals surface area contributed by atoms with Gasteiger partial charge in [-0.05, 0) is 49.2 Å². The van der Waals surface area contributed by atoms with Gasteiger partial charge in [-0.25, -0.2) is 12.8 Å². The van der Waals surface area contributed by atoms with Gasteiger partial charge in [-0.3, -0.25) is 13.9 Å². The predicted octanol–water partition coefficient (Wildman–Crippen LogP) is 4.21. The zero-order valence-electron chi connectivity index (χ0n) is 19.8. The molecular weight excluding hydrogens is 526 g/mol. The van der Waals surface area contributed by atoms with Gasteiger partial charge in [0.1, 0.15) is 18.4 Å². The molecule has 0 aliphatic heterocycles. The molecule has 2 rings (SSSR count). The number of alkyl halides is 3. The number of sulfonamides is 1. The maximum atomic E-state index is 13.3. The first-order chi connectivity index (χ1) is 16.6. The monoisotopic (exact) mass is 551 g/mol. The van der Waals surface area contributed by atoms with Gasteiger partial charge in [0, 0.05) is 13.1 Å². The fraction of sp³-hybridized carbons (Fsp3) is 0.391. The van der Waals surface area contributed by atoms with Gasteiger partial charge >= 0.3 is 6.18 Å². The maximum Gasteiger partial charge on any atom is 0.417 e. The number of amides is 2. The van der Waals surface area contributed by atoms with Gasteiger partial charge in [0.2, 0.25) is 21.8 Å². The van der Waals surface area contributed by atoms with Gasteiger partial charge in [0.25, 0.3) is 0 Å². The van der Waals surface area contributed by atoms with Crippen LogP contribution < -0.4 is 9.62 Å². The van der Waals surface area contributed by atoms with Crippen LogP contribution in [0.1, 0.15) is 31.4 Å². The second kappa shape index (κ2) is 11.9. The summed E-state index contributed by atoms with van der Waals surface area (Å²) in [5.74, 6) is -1.88. The van der Waals surface area contributed by atoms with Gasteiger partial charge in [-0.15, -0.1) is 0 Å². The standard InChI is InChI=1S/C23H26ClF4N3O4S/c1-4-11-29-22(33)15(2)30(13-16-5-7-17(25)8-6-16)21(32)14-31(36(3,34)35)18-9-10-20(24)19(12-18)23(26,27)28/h5-10,12,15H,4,11,13-14H2,1-3H3,(H,29,33)/t15-/m0/s1. The van der Waals surface area contributed by atoms with E-state index in [0.717, 1.165) is 35.4 Å². The van der Waals surface area contributed by atoms with E-state index in [1.807, 2.05) is 6.92 Å². The molecule has 36 heavy (non-hydrogen) atoms. The number of rotatable bonds is 10. The van der Waals surface area contributed by atoms with Gasteiger partial charge in [-0.2, -0.15) is 13.2 Å². The topological polar surface area (TPSA) is 86.8 Å². The SMILES string of the molecule is CCCNC(=O)[C@H](C)N(Cc1ccc(F)cc1)C(=O)CN(c1ccc(Cl)c(C(F)(F)F)c1)S(C)(=O)=O. The third-order valence-corrected chi connectivity index (χ3v) is 6.68. The molecule has 0 saturated carbocycles. The van der Waals surface area contributed by atoms with Crippen LogP contribution in [0.4, 0.5) is 23.2 Å². The molecule has 0 saturated heterocycles. The fourth-order valence-corrected chi connectivity index (χ4v) is 4.33. The number of carbonyl (C=O) groups is 2. The molecule has 1 N–H and O–H groups in total. The summed E-state index contributed by atoms with van der Waals surface area (Å²) in [6.45, 7) is 2.54. The van der Waals surface area contributed by atoms with Crippen molar-refractivity contribution in [1.29, 1.82) is 0 Å². The van der Waals surface area contributed by atoms with Crippen LogP contribution in [0.2, 0.25) is 5.02 Å². The average Bonchev–Trinajstić information content (AvgIpc) is 2.79. The van der Waals surface area contributed by atoms with Gasteiger partial charge in [0.15, 0.2) is 0 Å². The van der Waals surface area contributed by atoms with E-state index in [9.17, 15) is 35.6 Å². The second-order valence-electron chi connectivity index (χ2n) is 8.05. The highest BCUT2D eigenvalue weighted by Gasteiger charge is 2.35. The molecular formula is C23H26ClF4N3O4S. The molecule has 2 aromatic rings. The van der Waals surface area contributed by atoms with Gasteiger partial charge < -0.3 is 10.2 Å². The van der Waals surface area contributed by atoms with Crippen LogP contribution >= 0.6 is 11.6 Å². The lowest BCUT2D eigenvalue weighted by Crippen LogP contribution is -2.51. The second-order valence-corrected chi connectivity index (χ2v) is 10.4. The lowest BCUT2D eigenvalue weighted by atomic mass is 10.1. The molecule has 0 aromatic heterocycles. The van der Waals surface area contributed by atoms with Crippen molar-refractivity contribution in [3.63, 3.8) is 0 Å². The third-order valence-electron chi connectivity index (χ3n) is 5.21. The number of carbonyl (C=O) groups excluding carboxylic acids is 2. The van der Waals surface area contributed by atoms with Crippen molar-refractivity contribution < 1.29 is 35.6 Å². The van der Waals surface area contributed by atoms with Crippen molar-refractivity contribution >= 4 is 39.1 Å². The normalized spacial score (nSPS) is 12.7. The summed E-state index contributed by atoms with van der Waals surface area (Å²) in [5, 5.41) is 2.01. The highest BCUT2D eigenvalue weighted by atomic mass is 35.5. The van der Waals surface area contributed by atoms with E-state index in [2.05, 4.69) is 5.32 Å². The summed E-state index contributed by atoms with van der Waals surface area (Å²) in [6, 6.07) is 6.53. The summed E-state index contributed by atoms with van der Waals surface area (Å²) >= 11 is 5.64. The minimum absolute atomic E-state index is 0.175. The predicted molar refractivity (Wildman–Crippen MR) is 128 cm³/mol. The quantitative estimate of drug-likeness (QED) is 0.448. The Hall–Kier alpha value is -2.86. The van der Waals surface area contributed by atoms with Crippen molar-refractivity contribution in [3.05, 3.63) is 64.4 Å². The molecule has 0 spiro atoms. The van der Waals surface area contributed by atoms with Crippen LogP contribution in [0.15, 0.2) is 42.5 Å². The van der Waals surface area contributed by atoms with E-state index in [0.29, 0.717) is 28.9 Å². The summed E-state index contributed by atoms with van der Waals surface area (Å²) in [6.07, 6.45) is -3.49.